The summed E-state index contributed by atoms with van der Waals surface area (Å²) < 4.78 is 9.13. The van der Waals surface area contributed by atoms with Crippen LogP contribution in [0.1, 0.15) is 24.0 Å². The Balaban J connectivity index is 2.58. The van der Waals surface area contributed by atoms with Crippen molar-refractivity contribution >= 4 is 5.97 Å². The van der Waals surface area contributed by atoms with Crippen molar-refractivity contribution in [2.45, 2.75) is 19.4 Å². The largest absolute Gasteiger partial charge is 0.469 e. The van der Waals surface area contributed by atoms with Gasteiger partial charge in [0.05, 0.1) is 13.5 Å². The molecule has 5 heteroatoms. The van der Waals surface area contributed by atoms with Gasteiger partial charge < -0.3 is 14.4 Å². The fourth-order valence-corrected chi connectivity index (χ4v) is 0.888. The first-order valence-electron chi connectivity index (χ1n) is 3.81. The minimum absolute atomic E-state index is 0.109. The van der Waals surface area contributed by atoms with Crippen molar-refractivity contribution in [3.63, 3.8) is 0 Å². The molecule has 0 aliphatic carbocycles. The first kappa shape index (κ1) is 9.73. The lowest BCUT2D eigenvalue weighted by Gasteiger charge is -2.03. The van der Waals surface area contributed by atoms with Crippen molar-refractivity contribution in [2.24, 2.45) is 0 Å². The number of carbonyl (C=O) groups is 1. The number of aliphatic hydroxyl groups excluding tert-OH is 1. The molecule has 1 atom stereocenters. The van der Waals surface area contributed by atoms with Crippen molar-refractivity contribution in [3.8, 4) is 0 Å². The number of aromatic nitrogens is 1. The summed E-state index contributed by atoms with van der Waals surface area (Å²) in [6.07, 6.45) is -1.06. The number of hydrogen-bond acceptors (Lipinski definition) is 5. The van der Waals surface area contributed by atoms with E-state index in [1.54, 1.807) is 13.0 Å². The molecule has 0 radical (unpaired) electrons. The number of aliphatic hydroxyl groups is 1. The Hall–Kier alpha value is -1.36. The van der Waals surface area contributed by atoms with E-state index in [1.807, 2.05) is 0 Å². The van der Waals surface area contributed by atoms with Crippen molar-refractivity contribution in [1.29, 1.82) is 0 Å². The molecule has 0 saturated heterocycles. The number of rotatable bonds is 3. The molecule has 0 aliphatic rings. The molecule has 1 N–H and O–H groups in total. The molecule has 72 valence electrons. The maximum atomic E-state index is 10.8. The Labute approximate surface area is 75.3 Å². The van der Waals surface area contributed by atoms with Gasteiger partial charge in [-0.15, -0.1) is 0 Å². The van der Waals surface area contributed by atoms with Gasteiger partial charge in [-0.2, -0.15) is 0 Å². The zero-order valence-corrected chi connectivity index (χ0v) is 7.48. The van der Waals surface area contributed by atoms with Crippen LogP contribution < -0.4 is 0 Å². The molecule has 1 heterocycles. The number of nitrogens with zero attached hydrogens (tertiary/aromatic N) is 1. The first-order chi connectivity index (χ1) is 6.13. The van der Waals surface area contributed by atoms with Gasteiger partial charge in [0, 0.05) is 6.07 Å². The summed E-state index contributed by atoms with van der Waals surface area (Å²) in [5, 5.41) is 13.0. The van der Waals surface area contributed by atoms with Gasteiger partial charge in [0.1, 0.15) is 17.6 Å². The van der Waals surface area contributed by atoms with E-state index in [2.05, 4.69) is 9.89 Å². The Bertz CT molecular complexity index is 294. The van der Waals surface area contributed by atoms with E-state index < -0.39 is 12.1 Å². The topological polar surface area (TPSA) is 72.6 Å². The summed E-state index contributed by atoms with van der Waals surface area (Å²) in [6, 6.07) is 1.58. The third-order valence-corrected chi connectivity index (χ3v) is 1.58. The summed E-state index contributed by atoms with van der Waals surface area (Å²) in [6.45, 7) is 1.71. The normalized spacial score (nSPS) is 12.5. The third-order valence-electron chi connectivity index (χ3n) is 1.58. The smallest absolute Gasteiger partial charge is 0.308 e. The SMILES string of the molecule is COC(=O)C[C@H](O)c1cc(C)on1. The van der Waals surface area contributed by atoms with Gasteiger partial charge in [-0.3, -0.25) is 4.79 Å². The van der Waals surface area contributed by atoms with Crippen molar-refractivity contribution in [3.05, 3.63) is 17.5 Å². The van der Waals surface area contributed by atoms with E-state index >= 15 is 0 Å². The molecule has 13 heavy (non-hydrogen) atoms. The monoisotopic (exact) mass is 185 g/mol. The Morgan fingerprint density at radius 1 is 1.85 bits per heavy atom. The van der Waals surface area contributed by atoms with E-state index in [0.717, 1.165) is 0 Å². The summed E-state index contributed by atoms with van der Waals surface area (Å²) in [4.78, 5) is 10.8. The highest BCUT2D eigenvalue weighted by molar-refractivity contribution is 5.69. The summed E-state index contributed by atoms with van der Waals surface area (Å²) in [5.74, 6) is 0.118. The molecule has 0 fully saturated rings. The Morgan fingerprint density at radius 3 is 3.00 bits per heavy atom. The zero-order chi connectivity index (χ0) is 9.84. The maximum absolute atomic E-state index is 10.8. The second kappa shape index (κ2) is 4.04. The van der Waals surface area contributed by atoms with Gasteiger partial charge in [-0.05, 0) is 6.92 Å². The molecular weight excluding hydrogens is 174 g/mol. The fraction of sp³-hybridized carbons (Fsp3) is 0.500. The van der Waals surface area contributed by atoms with Crippen LogP contribution in [-0.2, 0) is 9.53 Å². The molecule has 1 rings (SSSR count). The molecule has 0 spiro atoms. The van der Waals surface area contributed by atoms with Gasteiger partial charge >= 0.3 is 5.97 Å². The lowest BCUT2D eigenvalue weighted by atomic mass is 10.2. The van der Waals surface area contributed by atoms with Crippen LogP contribution in [0.5, 0.6) is 0 Å². The Morgan fingerprint density at radius 2 is 2.54 bits per heavy atom. The van der Waals surface area contributed by atoms with Gasteiger partial charge in [-0.1, -0.05) is 5.16 Å². The van der Waals surface area contributed by atoms with Crippen LogP contribution in [0, 0.1) is 6.92 Å². The molecule has 0 bridgehead atoms. The average Bonchev–Trinajstić information content (AvgIpc) is 2.51. The number of carbonyl (C=O) groups excluding carboxylic acids is 1. The molecule has 5 nitrogen and oxygen atoms in total. The van der Waals surface area contributed by atoms with Crippen LogP contribution in [0.4, 0.5) is 0 Å². The summed E-state index contributed by atoms with van der Waals surface area (Å²) >= 11 is 0. The molecule has 1 aromatic heterocycles. The lowest BCUT2D eigenvalue weighted by molar-refractivity contribution is -0.143. The van der Waals surface area contributed by atoms with Crippen LogP contribution in [0.25, 0.3) is 0 Å². The quantitative estimate of drug-likeness (QED) is 0.697. The highest BCUT2D eigenvalue weighted by Gasteiger charge is 2.16. The van der Waals surface area contributed by atoms with Gasteiger partial charge in [0.2, 0.25) is 0 Å². The molecule has 0 aromatic carbocycles. The van der Waals surface area contributed by atoms with Crippen molar-refractivity contribution in [1.82, 2.24) is 5.16 Å². The molecule has 0 unspecified atom stereocenters. The minimum atomic E-state index is -0.954. The standard InChI is InChI=1S/C8H11NO4/c1-5-3-6(9-13-5)7(10)4-8(11)12-2/h3,7,10H,4H2,1-2H3/t7-/m0/s1. The lowest BCUT2D eigenvalue weighted by Crippen LogP contribution is -2.08. The van der Waals surface area contributed by atoms with E-state index in [0.29, 0.717) is 11.5 Å². The third kappa shape index (κ3) is 2.55. The zero-order valence-electron chi connectivity index (χ0n) is 7.48. The number of aryl methyl sites for hydroxylation is 1. The van der Waals surface area contributed by atoms with Crippen LogP contribution in [0.15, 0.2) is 10.6 Å². The number of hydrogen-bond donors (Lipinski definition) is 1. The number of esters is 1. The summed E-state index contributed by atoms with van der Waals surface area (Å²) in [5.41, 5.74) is 0.350. The fourth-order valence-electron chi connectivity index (χ4n) is 0.888. The molecular formula is C8H11NO4. The second-order valence-electron chi connectivity index (χ2n) is 2.66. The first-order valence-corrected chi connectivity index (χ1v) is 3.81. The highest BCUT2D eigenvalue weighted by Crippen LogP contribution is 2.16. The van der Waals surface area contributed by atoms with Crippen LogP contribution in [-0.4, -0.2) is 23.3 Å². The summed E-state index contributed by atoms with van der Waals surface area (Å²) in [7, 11) is 1.27. The highest BCUT2D eigenvalue weighted by atomic mass is 16.5. The predicted octanol–water partition coefficient (Wildman–Crippen LogP) is 0.580. The minimum Gasteiger partial charge on any atom is -0.469 e. The molecule has 1 aromatic rings. The van der Waals surface area contributed by atoms with Crippen molar-refractivity contribution in [2.75, 3.05) is 7.11 Å². The maximum Gasteiger partial charge on any atom is 0.308 e. The average molecular weight is 185 g/mol. The Kier molecular flexibility index (Phi) is 3.02. The van der Waals surface area contributed by atoms with E-state index in [4.69, 9.17) is 4.52 Å². The predicted molar refractivity (Wildman–Crippen MR) is 42.8 cm³/mol. The molecule has 0 saturated carbocycles. The van der Waals surface area contributed by atoms with Gasteiger partial charge in [0.25, 0.3) is 0 Å². The second-order valence-corrected chi connectivity index (χ2v) is 2.66. The number of methoxy groups -OCH3 is 1. The van der Waals surface area contributed by atoms with Crippen LogP contribution in [0.2, 0.25) is 0 Å². The van der Waals surface area contributed by atoms with Gasteiger partial charge in [0.15, 0.2) is 0 Å². The molecule has 0 aliphatic heterocycles. The number of ether oxygens (including phenoxy) is 1. The van der Waals surface area contributed by atoms with Crippen LogP contribution >= 0.6 is 0 Å². The van der Waals surface area contributed by atoms with E-state index in [1.165, 1.54) is 7.11 Å². The van der Waals surface area contributed by atoms with Gasteiger partial charge in [-0.25, -0.2) is 0 Å². The van der Waals surface area contributed by atoms with Crippen molar-refractivity contribution < 1.29 is 19.2 Å². The van der Waals surface area contributed by atoms with Crippen LogP contribution in [0.3, 0.4) is 0 Å². The van der Waals surface area contributed by atoms with E-state index in [9.17, 15) is 9.90 Å². The molecule has 0 amide bonds. The van der Waals surface area contributed by atoms with E-state index in [-0.39, 0.29) is 6.42 Å².